The fourth-order valence-electron chi connectivity index (χ4n) is 1.39. The second-order valence-electron chi connectivity index (χ2n) is 3.63. The number of anilines is 2. The summed E-state index contributed by atoms with van der Waals surface area (Å²) in [6, 6.07) is 4.91. The van der Waals surface area contributed by atoms with E-state index in [0.717, 1.165) is 6.07 Å². The lowest BCUT2D eigenvalue weighted by molar-refractivity contribution is 0.0696. The number of amides is 2. The Kier molecular flexibility index (Phi) is 3.67. The van der Waals surface area contributed by atoms with Gasteiger partial charge in [-0.15, -0.1) is 0 Å². The lowest BCUT2D eigenvalue weighted by Gasteiger charge is -2.08. The third-order valence-electron chi connectivity index (χ3n) is 2.27. The molecule has 19 heavy (non-hydrogen) atoms. The summed E-state index contributed by atoms with van der Waals surface area (Å²) in [5, 5.41) is 26.9. The lowest BCUT2D eigenvalue weighted by atomic mass is 10.2. The molecule has 0 saturated heterocycles. The van der Waals surface area contributed by atoms with Crippen LogP contribution in [0.15, 0.2) is 35.0 Å². The van der Waals surface area contributed by atoms with Crippen molar-refractivity contribution in [3.8, 4) is 5.75 Å². The normalized spacial score (nSPS) is 9.89. The van der Waals surface area contributed by atoms with Crippen LogP contribution in [0.2, 0.25) is 0 Å². The Morgan fingerprint density at radius 1 is 1.16 bits per heavy atom. The predicted octanol–water partition coefficient (Wildman–Crippen LogP) is 2.80. The summed E-state index contributed by atoms with van der Waals surface area (Å²) in [6.45, 7) is 0. The molecule has 1 heterocycles. The lowest BCUT2D eigenvalue weighted by Crippen LogP contribution is -2.19. The summed E-state index contributed by atoms with van der Waals surface area (Å²) >= 11 is 1.44. The summed E-state index contributed by atoms with van der Waals surface area (Å²) in [4.78, 5) is 22.3. The quantitative estimate of drug-likeness (QED) is 0.649. The van der Waals surface area contributed by atoms with E-state index >= 15 is 0 Å². The third kappa shape index (κ3) is 3.23. The van der Waals surface area contributed by atoms with E-state index in [-0.39, 0.29) is 17.0 Å². The Morgan fingerprint density at radius 3 is 2.53 bits per heavy atom. The van der Waals surface area contributed by atoms with Crippen molar-refractivity contribution in [2.24, 2.45) is 0 Å². The zero-order valence-corrected chi connectivity index (χ0v) is 10.4. The van der Waals surface area contributed by atoms with Crippen molar-refractivity contribution in [2.75, 3.05) is 10.6 Å². The maximum absolute atomic E-state index is 11.6. The second-order valence-corrected chi connectivity index (χ2v) is 4.41. The van der Waals surface area contributed by atoms with Crippen molar-refractivity contribution in [3.05, 3.63) is 40.6 Å². The molecule has 0 spiro atoms. The highest BCUT2D eigenvalue weighted by Gasteiger charge is 2.10. The maximum atomic E-state index is 11.6. The number of urea groups is 1. The van der Waals surface area contributed by atoms with Crippen molar-refractivity contribution >= 4 is 34.7 Å². The van der Waals surface area contributed by atoms with Crippen molar-refractivity contribution in [2.45, 2.75) is 0 Å². The Bertz CT molecular complexity index is 610. The van der Waals surface area contributed by atoms with Crippen molar-refractivity contribution in [1.29, 1.82) is 0 Å². The number of rotatable bonds is 3. The van der Waals surface area contributed by atoms with E-state index in [1.54, 1.807) is 11.4 Å². The van der Waals surface area contributed by atoms with Gasteiger partial charge in [0.25, 0.3) is 0 Å². The van der Waals surface area contributed by atoms with Crippen LogP contribution in [0.4, 0.5) is 16.2 Å². The van der Waals surface area contributed by atoms with Gasteiger partial charge in [-0.2, -0.15) is 11.3 Å². The highest BCUT2D eigenvalue weighted by atomic mass is 32.1. The number of phenols is 1. The van der Waals surface area contributed by atoms with Gasteiger partial charge in [-0.25, -0.2) is 9.59 Å². The first-order valence-electron chi connectivity index (χ1n) is 5.23. The van der Waals surface area contributed by atoms with Crippen molar-refractivity contribution < 1.29 is 19.8 Å². The number of carbonyl (C=O) groups is 2. The molecule has 0 saturated carbocycles. The molecule has 0 atom stereocenters. The smallest absolute Gasteiger partial charge is 0.335 e. The minimum absolute atomic E-state index is 0.0544. The molecule has 2 aromatic rings. The molecular weight excluding hydrogens is 268 g/mol. The fraction of sp³-hybridized carbons (Fsp3) is 0. The predicted molar refractivity (Wildman–Crippen MR) is 72.0 cm³/mol. The zero-order chi connectivity index (χ0) is 13.8. The van der Waals surface area contributed by atoms with Crippen LogP contribution in [-0.4, -0.2) is 22.2 Å². The van der Waals surface area contributed by atoms with Gasteiger partial charge in [0.05, 0.1) is 16.9 Å². The number of hydrogen-bond donors (Lipinski definition) is 4. The van der Waals surface area contributed by atoms with Gasteiger partial charge in [0.2, 0.25) is 0 Å². The Morgan fingerprint density at radius 2 is 1.95 bits per heavy atom. The summed E-state index contributed by atoms with van der Waals surface area (Å²) in [5.41, 5.74) is 0.725. The van der Waals surface area contributed by atoms with Gasteiger partial charge >= 0.3 is 12.0 Å². The molecule has 0 bridgehead atoms. The summed E-state index contributed by atoms with van der Waals surface area (Å²) < 4.78 is 0. The van der Waals surface area contributed by atoms with Gasteiger partial charge in [0.1, 0.15) is 5.75 Å². The van der Waals surface area contributed by atoms with E-state index in [4.69, 9.17) is 5.11 Å². The minimum Gasteiger partial charge on any atom is -0.506 e. The molecular formula is C12H10N2O4S. The molecule has 98 valence electrons. The van der Waals surface area contributed by atoms with Crippen LogP contribution in [0.1, 0.15) is 10.4 Å². The Balaban J connectivity index is 2.07. The number of thiophene rings is 1. The maximum Gasteiger partial charge on any atom is 0.335 e. The first-order valence-corrected chi connectivity index (χ1v) is 6.17. The van der Waals surface area contributed by atoms with E-state index in [9.17, 15) is 14.7 Å². The van der Waals surface area contributed by atoms with Crippen molar-refractivity contribution in [3.63, 3.8) is 0 Å². The number of phenolic OH excluding ortho intramolecular Hbond substituents is 1. The van der Waals surface area contributed by atoms with Gasteiger partial charge in [-0.1, -0.05) is 0 Å². The summed E-state index contributed by atoms with van der Waals surface area (Å²) in [7, 11) is 0. The first kappa shape index (κ1) is 12.9. The third-order valence-corrected chi connectivity index (χ3v) is 2.96. The van der Waals surface area contributed by atoms with Gasteiger partial charge in [-0.3, -0.25) is 0 Å². The van der Waals surface area contributed by atoms with Gasteiger partial charge < -0.3 is 20.8 Å². The number of aromatic hydroxyl groups is 1. The van der Waals surface area contributed by atoms with Crippen LogP contribution in [-0.2, 0) is 0 Å². The average Bonchev–Trinajstić information content (AvgIpc) is 2.84. The van der Waals surface area contributed by atoms with Crippen molar-refractivity contribution in [1.82, 2.24) is 0 Å². The number of benzene rings is 1. The molecule has 0 radical (unpaired) electrons. The van der Waals surface area contributed by atoms with Crippen LogP contribution in [0.3, 0.4) is 0 Å². The molecule has 2 rings (SSSR count). The molecule has 4 N–H and O–H groups in total. The van der Waals surface area contributed by atoms with Crippen LogP contribution in [0.5, 0.6) is 5.75 Å². The van der Waals surface area contributed by atoms with E-state index in [0.29, 0.717) is 5.69 Å². The Labute approximate surface area is 112 Å². The van der Waals surface area contributed by atoms with E-state index < -0.39 is 12.0 Å². The van der Waals surface area contributed by atoms with E-state index in [1.807, 2.05) is 5.38 Å². The fourth-order valence-corrected chi connectivity index (χ4v) is 1.98. The van der Waals surface area contributed by atoms with Crippen LogP contribution in [0, 0.1) is 0 Å². The largest absolute Gasteiger partial charge is 0.506 e. The van der Waals surface area contributed by atoms with E-state index in [1.165, 1.54) is 23.5 Å². The number of nitrogens with one attached hydrogen (secondary N) is 2. The molecule has 0 aliphatic carbocycles. The molecule has 0 aliphatic heterocycles. The number of hydrogen-bond acceptors (Lipinski definition) is 4. The first-order chi connectivity index (χ1) is 9.06. The molecule has 0 unspecified atom stereocenters. The minimum atomic E-state index is -1.15. The van der Waals surface area contributed by atoms with E-state index in [2.05, 4.69) is 10.6 Å². The molecule has 6 nitrogen and oxygen atoms in total. The topological polar surface area (TPSA) is 98.7 Å². The van der Waals surface area contributed by atoms with Gasteiger partial charge in [-0.05, 0) is 29.6 Å². The molecule has 1 aromatic carbocycles. The number of carboxylic acids is 1. The monoisotopic (exact) mass is 278 g/mol. The number of carboxylic acid groups (broad SMARTS) is 1. The molecule has 7 heteroatoms. The molecule has 0 fully saturated rings. The molecule has 1 aromatic heterocycles. The summed E-state index contributed by atoms with van der Waals surface area (Å²) in [5.74, 6) is -1.45. The highest BCUT2D eigenvalue weighted by molar-refractivity contribution is 7.08. The number of aromatic carboxylic acids is 1. The van der Waals surface area contributed by atoms with Crippen LogP contribution >= 0.6 is 11.3 Å². The van der Waals surface area contributed by atoms with Crippen LogP contribution < -0.4 is 10.6 Å². The summed E-state index contributed by atoms with van der Waals surface area (Å²) in [6.07, 6.45) is 0. The molecule has 2 amide bonds. The second kappa shape index (κ2) is 5.40. The average molecular weight is 278 g/mol. The highest BCUT2D eigenvalue weighted by Crippen LogP contribution is 2.24. The zero-order valence-electron chi connectivity index (χ0n) is 9.58. The molecule has 0 aliphatic rings. The number of carbonyl (C=O) groups excluding carboxylic acids is 1. The standard InChI is InChI=1S/C12H10N2O4S/c15-10-5-7(11(16)17)1-2-9(10)14-12(18)13-8-3-4-19-6-8/h1-6,15H,(H,16,17)(H2,13,14,18). The Hall–Kier alpha value is -2.54. The van der Waals surface area contributed by atoms with Gasteiger partial charge in [0, 0.05) is 5.38 Å². The van der Waals surface area contributed by atoms with Crippen LogP contribution in [0.25, 0.3) is 0 Å². The van der Waals surface area contributed by atoms with Gasteiger partial charge in [0.15, 0.2) is 0 Å². The SMILES string of the molecule is O=C(Nc1ccsc1)Nc1ccc(C(=O)O)cc1O.